The number of aromatic nitrogens is 2. The van der Waals surface area contributed by atoms with Gasteiger partial charge in [-0.15, -0.1) is 0 Å². The van der Waals surface area contributed by atoms with E-state index in [9.17, 15) is 0 Å². The van der Waals surface area contributed by atoms with Crippen LogP contribution in [0, 0.1) is 5.92 Å². The normalized spacial score (nSPS) is 11.5. The Morgan fingerprint density at radius 2 is 2.00 bits per heavy atom. The standard InChI is InChI=1S/C10H18N2/c1-8(2)5-10-6-11-12(7-10)9(3)4/h6-9H,5H2,1-4H3. The van der Waals surface area contributed by atoms with Gasteiger partial charge in [-0.1, -0.05) is 13.8 Å². The van der Waals surface area contributed by atoms with Crippen LogP contribution in [0.5, 0.6) is 0 Å². The zero-order chi connectivity index (χ0) is 9.14. The Morgan fingerprint density at radius 3 is 2.42 bits per heavy atom. The third-order valence-electron chi connectivity index (χ3n) is 1.83. The molecule has 0 aliphatic heterocycles. The number of hydrogen-bond donors (Lipinski definition) is 0. The molecular weight excluding hydrogens is 148 g/mol. The van der Waals surface area contributed by atoms with Gasteiger partial charge < -0.3 is 0 Å². The molecule has 0 aliphatic rings. The second-order valence-electron chi connectivity index (χ2n) is 4.02. The van der Waals surface area contributed by atoms with E-state index in [1.54, 1.807) is 0 Å². The van der Waals surface area contributed by atoms with Gasteiger partial charge in [-0.05, 0) is 31.7 Å². The van der Waals surface area contributed by atoms with E-state index in [0.29, 0.717) is 6.04 Å². The first-order chi connectivity index (χ1) is 5.59. The van der Waals surface area contributed by atoms with Crippen molar-refractivity contribution >= 4 is 0 Å². The predicted octanol–water partition coefficient (Wildman–Crippen LogP) is 2.66. The summed E-state index contributed by atoms with van der Waals surface area (Å²) in [5, 5.41) is 4.29. The average molecular weight is 166 g/mol. The molecule has 12 heavy (non-hydrogen) atoms. The molecule has 1 rings (SSSR count). The summed E-state index contributed by atoms with van der Waals surface area (Å²) in [6.45, 7) is 8.75. The van der Waals surface area contributed by atoms with Crippen molar-refractivity contribution in [3.63, 3.8) is 0 Å². The monoisotopic (exact) mass is 166 g/mol. The van der Waals surface area contributed by atoms with Crippen LogP contribution in [-0.2, 0) is 6.42 Å². The third kappa shape index (κ3) is 2.36. The lowest BCUT2D eigenvalue weighted by molar-refractivity contribution is 0.531. The molecule has 0 saturated heterocycles. The van der Waals surface area contributed by atoms with Crippen LogP contribution in [0.2, 0.25) is 0 Å². The largest absolute Gasteiger partial charge is 0.270 e. The molecule has 1 aromatic rings. The number of hydrogen-bond acceptors (Lipinski definition) is 1. The summed E-state index contributed by atoms with van der Waals surface area (Å²) in [5.41, 5.74) is 1.35. The van der Waals surface area contributed by atoms with E-state index in [2.05, 4.69) is 39.0 Å². The molecule has 0 aliphatic carbocycles. The van der Waals surface area contributed by atoms with Gasteiger partial charge in [0.05, 0.1) is 6.20 Å². The van der Waals surface area contributed by atoms with Crippen LogP contribution >= 0.6 is 0 Å². The average Bonchev–Trinajstić information content (AvgIpc) is 2.34. The van der Waals surface area contributed by atoms with E-state index in [0.717, 1.165) is 12.3 Å². The van der Waals surface area contributed by atoms with Gasteiger partial charge >= 0.3 is 0 Å². The van der Waals surface area contributed by atoms with Crippen LogP contribution in [-0.4, -0.2) is 9.78 Å². The second kappa shape index (κ2) is 3.74. The molecule has 68 valence electrons. The van der Waals surface area contributed by atoms with Crippen LogP contribution in [0.15, 0.2) is 12.4 Å². The molecule has 0 spiro atoms. The van der Waals surface area contributed by atoms with Gasteiger partial charge in [0.25, 0.3) is 0 Å². The van der Waals surface area contributed by atoms with Crippen molar-refractivity contribution in [2.45, 2.75) is 40.2 Å². The van der Waals surface area contributed by atoms with Crippen molar-refractivity contribution in [1.82, 2.24) is 9.78 Å². The van der Waals surface area contributed by atoms with Crippen molar-refractivity contribution in [2.75, 3.05) is 0 Å². The van der Waals surface area contributed by atoms with Crippen LogP contribution in [0.25, 0.3) is 0 Å². The fourth-order valence-corrected chi connectivity index (χ4v) is 1.24. The molecule has 2 heteroatoms. The molecule has 0 unspecified atom stereocenters. The van der Waals surface area contributed by atoms with Crippen molar-refractivity contribution in [1.29, 1.82) is 0 Å². The molecule has 2 nitrogen and oxygen atoms in total. The van der Waals surface area contributed by atoms with Gasteiger partial charge in [0, 0.05) is 12.2 Å². The maximum absolute atomic E-state index is 4.29. The first kappa shape index (κ1) is 9.30. The van der Waals surface area contributed by atoms with Crippen LogP contribution in [0.3, 0.4) is 0 Å². The summed E-state index contributed by atoms with van der Waals surface area (Å²) in [7, 11) is 0. The fourth-order valence-electron chi connectivity index (χ4n) is 1.24. The van der Waals surface area contributed by atoms with Crippen molar-refractivity contribution in [3.05, 3.63) is 18.0 Å². The van der Waals surface area contributed by atoms with Gasteiger partial charge in [-0.25, -0.2) is 0 Å². The maximum Gasteiger partial charge on any atom is 0.0521 e. The summed E-state index contributed by atoms with van der Waals surface area (Å²) in [5.74, 6) is 0.717. The summed E-state index contributed by atoms with van der Waals surface area (Å²) < 4.78 is 2.01. The van der Waals surface area contributed by atoms with Crippen molar-refractivity contribution < 1.29 is 0 Å². The van der Waals surface area contributed by atoms with Gasteiger partial charge in [0.1, 0.15) is 0 Å². The molecule has 0 fully saturated rings. The highest BCUT2D eigenvalue weighted by Gasteiger charge is 2.02. The van der Waals surface area contributed by atoms with Gasteiger partial charge in [0.2, 0.25) is 0 Å². The Morgan fingerprint density at radius 1 is 1.33 bits per heavy atom. The first-order valence-corrected chi connectivity index (χ1v) is 4.62. The lowest BCUT2D eigenvalue weighted by atomic mass is 10.1. The minimum atomic E-state index is 0.478. The summed E-state index contributed by atoms with van der Waals surface area (Å²) in [6.07, 6.45) is 5.25. The van der Waals surface area contributed by atoms with E-state index >= 15 is 0 Å². The van der Waals surface area contributed by atoms with E-state index in [1.165, 1.54) is 5.56 Å². The SMILES string of the molecule is CC(C)Cc1cnn(C(C)C)c1. The number of nitrogens with zero attached hydrogens (tertiary/aromatic N) is 2. The third-order valence-corrected chi connectivity index (χ3v) is 1.83. The van der Waals surface area contributed by atoms with E-state index in [4.69, 9.17) is 0 Å². The van der Waals surface area contributed by atoms with Crippen LogP contribution in [0.1, 0.15) is 39.3 Å². The molecule has 1 aromatic heterocycles. The molecule has 0 bridgehead atoms. The Hall–Kier alpha value is -0.790. The van der Waals surface area contributed by atoms with Gasteiger partial charge in [-0.3, -0.25) is 4.68 Å². The molecule has 0 amide bonds. The van der Waals surface area contributed by atoms with Gasteiger partial charge in [-0.2, -0.15) is 5.10 Å². The fraction of sp³-hybridized carbons (Fsp3) is 0.700. The minimum absolute atomic E-state index is 0.478. The maximum atomic E-state index is 4.29. The molecule has 1 heterocycles. The first-order valence-electron chi connectivity index (χ1n) is 4.62. The zero-order valence-corrected chi connectivity index (χ0v) is 8.41. The Bertz CT molecular complexity index is 236. The summed E-state index contributed by atoms with van der Waals surface area (Å²) in [6, 6.07) is 0.478. The number of rotatable bonds is 3. The van der Waals surface area contributed by atoms with E-state index in [-0.39, 0.29) is 0 Å². The lowest BCUT2D eigenvalue weighted by Gasteiger charge is -2.03. The quantitative estimate of drug-likeness (QED) is 0.675. The van der Waals surface area contributed by atoms with E-state index < -0.39 is 0 Å². The molecule has 0 saturated carbocycles. The van der Waals surface area contributed by atoms with Crippen LogP contribution in [0.4, 0.5) is 0 Å². The highest BCUT2D eigenvalue weighted by atomic mass is 15.3. The highest BCUT2D eigenvalue weighted by Crippen LogP contribution is 2.09. The van der Waals surface area contributed by atoms with Gasteiger partial charge in [0.15, 0.2) is 0 Å². The Balaban J connectivity index is 2.64. The van der Waals surface area contributed by atoms with Crippen LogP contribution < -0.4 is 0 Å². The molecule has 0 aromatic carbocycles. The van der Waals surface area contributed by atoms with Crippen molar-refractivity contribution in [2.24, 2.45) is 5.92 Å². The molecule has 0 radical (unpaired) electrons. The van der Waals surface area contributed by atoms with E-state index in [1.807, 2.05) is 10.9 Å². The lowest BCUT2D eigenvalue weighted by Crippen LogP contribution is -2.00. The second-order valence-corrected chi connectivity index (χ2v) is 4.02. The predicted molar refractivity (Wildman–Crippen MR) is 51.2 cm³/mol. The topological polar surface area (TPSA) is 17.8 Å². The molecule has 0 atom stereocenters. The molecule has 0 N–H and O–H groups in total. The zero-order valence-electron chi connectivity index (χ0n) is 8.41. The Labute approximate surface area is 74.6 Å². The Kier molecular flexibility index (Phi) is 2.90. The smallest absolute Gasteiger partial charge is 0.0521 e. The highest BCUT2D eigenvalue weighted by molar-refractivity contribution is 5.04. The molecular formula is C10H18N2. The minimum Gasteiger partial charge on any atom is -0.270 e. The van der Waals surface area contributed by atoms with Crippen molar-refractivity contribution in [3.8, 4) is 0 Å². The summed E-state index contributed by atoms with van der Waals surface area (Å²) in [4.78, 5) is 0. The summed E-state index contributed by atoms with van der Waals surface area (Å²) >= 11 is 0.